The average Bonchev–Trinajstić information content (AvgIpc) is 2.56. The molecule has 3 rings (SSSR count). The lowest BCUT2D eigenvalue weighted by molar-refractivity contribution is 0.515. The number of benzene rings is 2. The van der Waals surface area contributed by atoms with Crippen LogP contribution in [-0.2, 0) is 0 Å². The highest BCUT2D eigenvalue weighted by atomic mass is 19.2. The Hall–Kier alpha value is -2.74. The summed E-state index contributed by atoms with van der Waals surface area (Å²) in [6.07, 6.45) is 0.361. The zero-order valence-electron chi connectivity index (χ0n) is 13.1. The van der Waals surface area contributed by atoms with E-state index in [1.807, 2.05) is 0 Å². The summed E-state index contributed by atoms with van der Waals surface area (Å²) in [6, 6.07) is 3.65. The van der Waals surface area contributed by atoms with Crippen LogP contribution in [0.1, 0.15) is 25.2 Å². The summed E-state index contributed by atoms with van der Waals surface area (Å²) >= 11 is 0. The van der Waals surface area contributed by atoms with Gasteiger partial charge >= 0.3 is 0 Å². The van der Waals surface area contributed by atoms with Gasteiger partial charge in [-0.15, -0.1) is 0 Å². The van der Waals surface area contributed by atoms with Crippen molar-refractivity contribution in [1.82, 2.24) is 9.55 Å². The minimum Gasteiger partial charge on any atom is -0.321 e. The number of halogens is 4. The van der Waals surface area contributed by atoms with Crippen LogP contribution in [0.2, 0.25) is 0 Å². The topological polar surface area (TPSA) is 60.9 Å². The third kappa shape index (κ3) is 2.89. The molecule has 0 aliphatic rings. The van der Waals surface area contributed by atoms with Crippen LogP contribution in [0, 0.1) is 23.3 Å². The first kappa shape index (κ1) is 17.1. The summed E-state index contributed by atoms with van der Waals surface area (Å²) in [6.45, 7) is 1.72. The zero-order valence-corrected chi connectivity index (χ0v) is 13.1. The van der Waals surface area contributed by atoms with E-state index in [0.717, 1.165) is 28.8 Å². The molecule has 25 heavy (non-hydrogen) atoms. The molecule has 1 heterocycles. The molecule has 1 aromatic heterocycles. The van der Waals surface area contributed by atoms with Crippen molar-refractivity contribution in [2.75, 3.05) is 0 Å². The Morgan fingerprint density at radius 1 is 1.12 bits per heavy atom. The first-order valence-corrected chi connectivity index (χ1v) is 7.46. The molecule has 0 aliphatic heterocycles. The Labute approximate surface area is 139 Å². The lowest BCUT2D eigenvalue weighted by Gasteiger charge is -2.18. The molecule has 0 saturated carbocycles. The minimum absolute atomic E-state index is 0.00370. The van der Waals surface area contributed by atoms with Gasteiger partial charge in [0.05, 0.1) is 17.2 Å². The van der Waals surface area contributed by atoms with Gasteiger partial charge in [0.1, 0.15) is 22.8 Å². The molecule has 8 heteroatoms. The van der Waals surface area contributed by atoms with Crippen LogP contribution < -0.4 is 11.3 Å². The summed E-state index contributed by atoms with van der Waals surface area (Å²) in [5.41, 5.74) is 4.67. The Balaban J connectivity index is 2.48. The van der Waals surface area contributed by atoms with Crippen molar-refractivity contribution in [1.29, 1.82) is 0 Å². The van der Waals surface area contributed by atoms with Crippen LogP contribution in [0.4, 0.5) is 17.6 Å². The molecule has 2 aromatic carbocycles. The molecule has 0 spiro atoms. The fourth-order valence-electron chi connectivity index (χ4n) is 2.58. The maximum Gasteiger partial charge on any atom is 0.269 e. The number of fused-ring (bicyclic) bond motifs is 1. The summed E-state index contributed by atoms with van der Waals surface area (Å²) in [4.78, 5) is 16.9. The maximum atomic E-state index is 14.1. The van der Waals surface area contributed by atoms with Gasteiger partial charge in [-0.05, 0) is 30.7 Å². The van der Waals surface area contributed by atoms with Gasteiger partial charge in [0.25, 0.3) is 5.56 Å². The smallest absolute Gasteiger partial charge is 0.269 e. The highest BCUT2D eigenvalue weighted by molar-refractivity contribution is 5.79. The van der Waals surface area contributed by atoms with Gasteiger partial charge in [-0.2, -0.15) is 0 Å². The van der Waals surface area contributed by atoms with Gasteiger partial charge in [-0.25, -0.2) is 22.5 Å². The predicted octanol–water partition coefficient (Wildman–Crippen LogP) is 3.35. The Bertz CT molecular complexity index is 1010. The number of nitrogens with zero attached hydrogens (tertiary/aromatic N) is 2. The van der Waals surface area contributed by atoms with Gasteiger partial charge in [0.15, 0.2) is 11.6 Å². The second-order valence-corrected chi connectivity index (χ2v) is 5.51. The number of aromatic nitrogens is 2. The Morgan fingerprint density at radius 2 is 1.76 bits per heavy atom. The van der Waals surface area contributed by atoms with E-state index in [-0.39, 0.29) is 17.0 Å². The van der Waals surface area contributed by atoms with Crippen LogP contribution in [0.15, 0.2) is 35.1 Å². The van der Waals surface area contributed by atoms with Crippen LogP contribution in [0.5, 0.6) is 0 Å². The molecular formula is C17H13F4N3O. The third-order valence-electron chi connectivity index (χ3n) is 3.83. The Kier molecular flexibility index (Phi) is 4.30. The molecule has 0 unspecified atom stereocenters. The molecule has 0 aliphatic carbocycles. The van der Waals surface area contributed by atoms with Crippen LogP contribution in [0.25, 0.3) is 16.6 Å². The van der Waals surface area contributed by atoms with E-state index in [2.05, 4.69) is 4.98 Å². The SMILES string of the molecule is CC[C@H](N)c1nc2ccc(F)c(F)c2c(=O)n1-c1cc(F)cc(F)c1. The van der Waals surface area contributed by atoms with Crippen molar-refractivity contribution in [3.63, 3.8) is 0 Å². The molecule has 0 radical (unpaired) electrons. The molecular weight excluding hydrogens is 338 g/mol. The summed E-state index contributed by atoms with van der Waals surface area (Å²) in [5, 5.41) is -0.614. The van der Waals surface area contributed by atoms with E-state index in [9.17, 15) is 22.4 Å². The van der Waals surface area contributed by atoms with E-state index in [1.54, 1.807) is 6.92 Å². The lowest BCUT2D eigenvalue weighted by atomic mass is 10.1. The molecule has 0 bridgehead atoms. The van der Waals surface area contributed by atoms with Crippen molar-refractivity contribution in [3.8, 4) is 5.69 Å². The zero-order chi connectivity index (χ0) is 18.3. The van der Waals surface area contributed by atoms with Gasteiger partial charge in [0, 0.05) is 6.07 Å². The van der Waals surface area contributed by atoms with E-state index in [0.29, 0.717) is 12.5 Å². The van der Waals surface area contributed by atoms with E-state index >= 15 is 0 Å². The molecule has 130 valence electrons. The molecule has 4 nitrogen and oxygen atoms in total. The normalized spacial score (nSPS) is 12.6. The van der Waals surface area contributed by atoms with E-state index in [1.165, 1.54) is 0 Å². The second kappa shape index (κ2) is 6.29. The molecule has 0 amide bonds. The maximum absolute atomic E-state index is 14.1. The highest BCUT2D eigenvalue weighted by Gasteiger charge is 2.21. The quantitative estimate of drug-likeness (QED) is 0.736. The third-order valence-corrected chi connectivity index (χ3v) is 3.83. The largest absolute Gasteiger partial charge is 0.321 e. The van der Waals surface area contributed by atoms with Gasteiger partial charge in [-0.1, -0.05) is 6.92 Å². The number of hydrogen-bond donors (Lipinski definition) is 1. The van der Waals surface area contributed by atoms with Crippen LogP contribution in [0.3, 0.4) is 0 Å². The van der Waals surface area contributed by atoms with Gasteiger partial charge < -0.3 is 5.73 Å². The minimum atomic E-state index is -1.38. The fourth-order valence-corrected chi connectivity index (χ4v) is 2.58. The average molecular weight is 351 g/mol. The summed E-state index contributed by atoms with van der Waals surface area (Å²) in [5.74, 6) is -4.47. The van der Waals surface area contributed by atoms with Crippen molar-refractivity contribution < 1.29 is 17.6 Å². The van der Waals surface area contributed by atoms with Crippen LogP contribution >= 0.6 is 0 Å². The first-order valence-electron chi connectivity index (χ1n) is 7.46. The van der Waals surface area contributed by atoms with Crippen molar-refractivity contribution in [2.24, 2.45) is 5.73 Å². The second-order valence-electron chi connectivity index (χ2n) is 5.51. The monoisotopic (exact) mass is 351 g/mol. The number of hydrogen-bond acceptors (Lipinski definition) is 3. The van der Waals surface area contributed by atoms with Gasteiger partial charge in [-0.3, -0.25) is 9.36 Å². The molecule has 3 aromatic rings. The highest BCUT2D eigenvalue weighted by Crippen LogP contribution is 2.22. The number of nitrogens with two attached hydrogens (primary N) is 1. The molecule has 0 fully saturated rings. The molecule has 0 saturated heterocycles. The first-order chi connectivity index (χ1) is 11.8. The van der Waals surface area contributed by atoms with Gasteiger partial charge in [0.2, 0.25) is 0 Å². The standard InChI is InChI=1S/C17H13F4N3O/c1-2-12(22)16-23-13-4-3-11(20)15(21)14(13)17(25)24(16)10-6-8(18)5-9(19)7-10/h3-7,12H,2,22H2,1H3/t12-/m0/s1. The summed E-state index contributed by atoms with van der Waals surface area (Å²) in [7, 11) is 0. The fraction of sp³-hybridized carbons (Fsp3) is 0.176. The number of rotatable bonds is 3. The predicted molar refractivity (Wildman–Crippen MR) is 84.4 cm³/mol. The lowest BCUT2D eigenvalue weighted by Crippen LogP contribution is -2.29. The Morgan fingerprint density at radius 3 is 2.36 bits per heavy atom. The van der Waals surface area contributed by atoms with Crippen molar-refractivity contribution in [2.45, 2.75) is 19.4 Å². The molecule has 1 atom stereocenters. The van der Waals surface area contributed by atoms with E-state index < -0.39 is 40.3 Å². The van der Waals surface area contributed by atoms with Crippen LogP contribution in [-0.4, -0.2) is 9.55 Å². The molecule has 2 N–H and O–H groups in total. The van der Waals surface area contributed by atoms with Crippen molar-refractivity contribution >= 4 is 10.9 Å². The van der Waals surface area contributed by atoms with Crippen molar-refractivity contribution in [3.05, 3.63) is 69.8 Å². The summed E-state index contributed by atoms with van der Waals surface area (Å²) < 4.78 is 55.6. The van der Waals surface area contributed by atoms with E-state index in [4.69, 9.17) is 5.73 Å².